The molecule has 0 aromatic rings. The van der Waals surface area contributed by atoms with Crippen LogP contribution in [0.25, 0.3) is 0 Å². The second kappa shape index (κ2) is 4.51. The van der Waals surface area contributed by atoms with Gasteiger partial charge in [-0.05, 0) is 25.3 Å². The normalized spacial score (nSPS) is 29.5. The van der Waals surface area contributed by atoms with Crippen LogP contribution in [0.5, 0.6) is 0 Å². The quantitative estimate of drug-likeness (QED) is 0.714. The molecule has 2 unspecified atom stereocenters. The van der Waals surface area contributed by atoms with Gasteiger partial charge in [-0.2, -0.15) is 13.2 Å². The zero-order chi connectivity index (χ0) is 9.90. The van der Waals surface area contributed by atoms with Gasteiger partial charge in [0.25, 0.3) is 0 Å². The Labute approximate surface area is 80.6 Å². The number of nitrogens with one attached hydrogen (secondary N) is 1. The Morgan fingerprint density at radius 2 is 2.00 bits per heavy atom. The summed E-state index contributed by atoms with van der Waals surface area (Å²) in [6.45, 7) is -0.527. The molecule has 0 saturated heterocycles. The maximum absolute atomic E-state index is 11.7. The number of hydrogen-bond acceptors (Lipinski definition) is 1. The third kappa shape index (κ3) is 4.18. The molecular formula is C8H13ClF3N. The van der Waals surface area contributed by atoms with E-state index in [-0.39, 0.29) is 11.3 Å². The molecule has 0 amide bonds. The van der Waals surface area contributed by atoms with Crippen molar-refractivity contribution >= 4 is 11.6 Å². The summed E-state index contributed by atoms with van der Waals surface area (Å²) in [5.74, 6) is 0.212. The SMILES string of the molecule is FC(F)(F)CNCC1CCCC1Cl. The second-order valence-electron chi connectivity index (χ2n) is 3.45. The van der Waals surface area contributed by atoms with Crippen molar-refractivity contribution in [1.29, 1.82) is 0 Å². The Bertz CT molecular complexity index is 160. The number of halogens is 4. The van der Waals surface area contributed by atoms with Crippen molar-refractivity contribution < 1.29 is 13.2 Å². The van der Waals surface area contributed by atoms with Gasteiger partial charge in [-0.3, -0.25) is 0 Å². The van der Waals surface area contributed by atoms with Gasteiger partial charge in [0.2, 0.25) is 0 Å². The van der Waals surface area contributed by atoms with Gasteiger partial charge in [-0.25, -0.2) is 0 Å². The molecular weight excluding hydrogens is 203 g/mol. The molecule has 1 nitrogen and oxygen atoms in total. The van der Waals surface area contributed by atoms with Crippen LogP contribution >= 0.6 is 11.6 Å². The summed E-state index contributed by atoms with van der Waals surface area (Å²) < 4.78 is 35.2. The van der Waals surface area contributed by atoms with Crippen LogP contribution in [-0.2, 0) is 0 Å². The summed E-state index contributed by atoms with van der Waals surface area (Å²) in [5.41, 5.74) is 0. The lowest BCUT2D eigenvalue weighted by atomic mass is 10.1. The summed E-state index contributed by atoms with van der Waals surface area (Å²) in [7, 11) is 0. The minimum absolute atomic E-state index is 0.0562. The molecule has 0 radical (unpaired) electrons. The highest BCUT2D eigenvalue weighted by Crippen LogP contribution is 2.29. The van der Waals surface area contributed by atoms with E-state index in [1.807, 2.05) is 0 Å². The maximum atomic E-state index is 11.7. The first kappa shape index (κ1) is 11.1. The fourth-order valence-corrected chi connectivity index (χ4v) is 1.99. The summed E-state index contributed by atoms with van der Waals surface area (Å²) >= 11 is 5.91. The molecule has 0 bridgehead atoms. The van der Waals surface area contributed by atoms with E-state index in [0.717, 1.165) is 19.3 Å². The van der Waals surface area contributed by atoms with Gasteiger partial charge in [0.1, 0.15) is 0 Å². The van der Waals surface area contributed by atoms with E-state index < -0.39 is 12.7 Å². The topological polar surface area (TPSA) is 12.0 Å². The van der Waals surface area contributed by atoms with Crippen molar-refractivity contribution in [3.05, 3.63) is 0 Å². The first-order valence-corrected chi connectivity index (χ1v) is 4.84. The largest absolute Gasteiger partial charge is 0.401 e. The number of rotatable bonds is 3. The lowest BCUT2D eigenvalue weighted by molar-refractivity contribution is -0.125. The molecule has 1 rings (SSSR count). The first-order chi connectivity index (χ1) is 5.99. The molecule has 0 spiro atoms. The van der Waals surface area contributed by atoms with E-state index in [1.54, 1.807) is 0 Å². The highest BCUT2D eigenvalue weighted by molar-refractivity contribution is 6.20. The molecule has 0 aromatic heterocycles. The standard InChI is InChI=1S/C8H13ClF3N/c9-7-3-1-2-6(7)4-13-5-8(10,11)12/h6-7,13H,1-5H2. The molecule has 0 aromatic carbocycles. The van der Waals surface area contributed by atoms with Gasteiger partial charge in [-0.15, -0.1) is 11.6 Å². The third-order valence-electron chi connectivity index (χ3n) is 2.30. The average Bonchev–Trinajstić information content (AvgIpc) is 2.34. The van der Waals surface area contributed by atoms with Crippen molar-refractivity contribution in [3.63, 3.8) is 0 Å². The molecule has 78 valence electrons. The predicted molar refractivity (Wildman–Crippen MR) is 45.9 cm³/mol. The monoisotopic (exact) mass is 215 g/mol. The van der Waals surface area contributed by atoms with Gasteiger partial charge in [0, 0.05) is 5.38 Å². The molecule has 1 aliphatic carbocycles. The second-order valence-corrected chi connectivity index (χ2v) is 4.01. The summed E-state index contributed by atoms with van der Waals surface area (Å²) in [4.78, 5) is 0. The molecule has 13 heavy (non-hydrogen) atoms. The highest BCUT2D eigenvalue weighted by Gasteiger charge is 2.29. The molecule has 0 heterocycles. The maximum Gasteiger partial charge on any atom is 0.401 e. The minimum atomic E-state index is -4.11. The lowest BCUT2D eigenvalue weighted by Gasteiger charge is -2.15. The molecule has 2 atom stereocenters. The molecule has 0 aliphatic heterocycles. The van der Waals surface area contributed by atoms with Crippen molar-refractivity contribution in [2.75, 3.05) is 13.1 Å². The summed E-state index contributed by atoms with van der Waals surface area (Å²) in [5, 5.41) is 2.44. The molecule has 1 saturated carbocycles. The first-order valence-electron chi connectivity index (χ1n) is 4.40. The predicted octanol–water partition coefficient (Wildman–Crippen LogP) is 2.55. The van der Waals surface area contributed by atoms with Crippen LogP contribution in [0.1, 0.15) is 19.3 Å². The van der Waals surface area contributed by atoms with Crippen LogP contribution in [0.2, 0.25) is 0 Å². The zero-order valence-electron chi connectivity index (χ0n) is 7.20. The Kier molecular flexibility index (Phi) is 3.86. The van der Waals surface area contributed by atoms with Crippen LogP contribution < -0.4 is 5.32 Å². The van der Waals surface area contributed by atoms with E-state index >= 15 is 0 Å². The zero-order valence-corrected chi connectivity index (χ0v) is 7.96. The van der Waals surface area contributed by atoms with Crippen molar-refractivity contribution in [2.45, 2.75) is 30.8 Å². The third-order valence-corrected chi connectivity index (χ3v) is 2.87. The van der Waals surface area contributed by atoms with Gasteiger partial charge in [0.05, 0.1) is 6.54 Å². The van der Waals surface area contributed by atoms with Crippen LogP contribution in [0.15, 0.2) is 0 Å². The lowest BCUT2D eigenvalue weighted by Crippen LogP contribution is -2.33. The molecule has 1 aliphatic rings. The Balaban J connectivity index is 2.12. The molecule has 1 fully saturated rings. The fourth-order valence-electron chi connectivity index (χ4n) is 1.62. The smallest absolute Gasteiger partial charge is 0.308 e. The van der Waals surface area contributed by atoms with Crippen LogP contribution in [-0.4, -0.2) is 24.6 Å². The van der Waals surface area contributed by atoms with Crippen molar-refractivity contribution in [2.24, 2.45) is 5.92 Å². The van der Waals surface area contributed by atoms with Gasteiger partial charge >= 0.3 is 6.18 Å². The van der Waals surface area contributed by atoms with E-state index in [4.69, 9.17) is 11.6 Å². The van der Waals surface area contributed by atoms with Crippen LogP contribution in [0.4, 0.5) is 13.2 Å². The van der Waals surface area contributed by atoms with E-state index in [1.165, 1.54) is 0 Å². The van der Waals surface area contributed by atoms with E-state index in [2.05, 4.69) is 5.32 Å². The van der Waals surface area contributed by atoms with Gasteiger partial charge < -0.3 is 5.32 Å². The number of alkyl halides is 4. The van der Waals surface area contributed by atoms with Crippen molar-refractivity contribution in [3.8, 4) is 0 Å². The Morgan fingerprint density at radius 3 is 2.46 bits per heavy atom. The van der Waals surface area contributed by atoms with Crippen molar-refractivity contribution in [1.82, 2.24) is 5.32 Å². The average molecular weight is 216 g/mol. The number of hydrogen-bond donors (Lipinski definition) is 1. The highest BCUT2D eigenvalue weighted by atomic mass is 35.5. The Morgan fingerprint density at radius 1 is 1.31 bits per heavy atom. The summed E-state index contributed by atoms with van der Waals surface area (Å²) in [6.07, 6.45) is -1.20. The summed E-state index contributed by atoms with van der Waals surface area (Å²) in [6, 6.07) is 0. The van der Waals surface area contributed by atoms with Crippen LogP contribution in [0.3, 0.4) is 0 Å². The molecule has 1 N–H and O–H groups in total. The fraction of sp³-hybridized carbons (Fsp3) is 1.00. The molecule has 5 heteroatoms. The van der Waals surface area contributed by atoms with Gasteiger partial charge in [-0.1, -0.05) is 6.42 Å². The Hall–Kier alpha value is 0.0400. The van der Waals surface area contributed by atoms with E-state index in [0.29, 0.717) is 6.54 Å². The van der Waals surface area contributed by atoms with E-state index in [9.17, 15) is 13.2 Å². The van der Waals surface area contributed by atoms with Gasteiger partial charge in [0.15, 0.2) is 0 Å². The van der Waals surface area contributed by atoms with Crippen LogP contribution in [0, 0.1) is 5.92 Å². The minimum Gasteiger partial charge on any atom is -0.308 e.